The summed E-state index contributed by atoms with van der Waals surface area (Å²) in [6.07, 6.45) is 5.21. The fourth-order valence-corrected chi connectivity index (χ4v) is 1.65. The summed E-state index contributed by atoms with van der Waals surface area (Å²) in [5.41, 5.74) is 5.40. The fraction of sp³-hybridized carbons (Fsp3) is 0.818. The van der Waals surface area contributed by atoms with Gasteiger partial charge in [-0.25, -0.2) is 0 Å². The van der Waals surface area contributed by atoms with Gasteiger partial charge in [0, 0.05) is 25.4 Å². The van der Waals surface area contributed by atoms with Crippen LogP contribution < -0.4 is 5.73 Å². The first kappa shape index (κ1) is 12.8. The Labute approximate surface area is 96.3 Å². The highest BCUT2D eigenvalue weighted by molar-refractivity contribution is 5.81. The van der Waals surface area contributed by atoms with Crippen molar-refractivity contribution in [2.24, 2.45) is 10.9 Å². The van der Waals surface area contributed by atoms with E-state index in [0.29, 0.717) is 25.4 Å². The molecule has 5 nitrogen and oxygen atoms in total. The molecule has 16 heavy (non-hydrogen) atoms. The molecule has 3 N–H and O–H groups in total. The van der Waals surface area contributed by atoms with Crippen LogP contribution in [-0.4, -0.2) is 34.4 Å². The molecule has 0 saturated heterocycles. The number of hydrogen-bond acceptors (Lipinski definition) is 3. The van der Waals surface area contributed by atoms with Crippen molar-refractivity contribution in [1.82, 2.24) is 4.90 Å². The average molecular weight is 227 g/mol. The van der Waals surface area contributed by atoms with E-state index < -0.39 is 0 Å². The molecule has 0 radical (unpaired) electrons. The van der Waals surface area contributed by atoms with Crippen LogP contribution in [0.2, 0.25) is 0 Å². The van der Waals surface area contributed by atoms with Crippen LogP contribution in [0.25, 0.3) is 0 Å². The van der Waals surface area contributed by atoms with Gasteiger partial charge in [0.1, 0.15) is 5.84 Å². The van der Waals surface area contributed by atoms with Crippen molar-refractivity contribution < 1.29 is 10.0 Å². The Kier molecular flexibility index (Phi) is 5.08. The van der Waals surface area contributed by atoms with Crippen molar-refractivity contribution in [3.63, 3.8) is 0 Å². The van der Waals surface area contributed by atoms with Gasteiger partial charge >= 0.3 is 0 Å². The lowest BCUT2D eigenvalue weighted by Crippen LogP contribution is -2.35. The molecule has 5 heteroatoms. The van der Waals surface area contributed by atoms with Gasteiger partial charge in [-0.1, -0.05) is 18.5 Å². The van der Waals surface area contributed by atoms with E-state index in [4.69, 9.17) is 10.9 Å². The minimum atomic E-state index is 0.189. The summed E-state index contributed by atoms with van der Waals surface area (Å²) < 4.78 is 0. The van der Waals surface area contributed by atoms with Crippen LogP contribution in [0.4, 0.5) is 0 Å². The molecule has 1 fully saturated rings. The molecule has 0 bridgehead atoms. The van der Waals surface area contributed by atoms with E-state index in [-0.39, 0.29) is 11.7 Å². The summed E-state index contributed by atoms with van der Waals surface area (Å²) in [6.45, 7) is 2.65. The van der Waals surface area contributed by atoms with Gasteiger partial charge in [-0.05, 0) is 19.3 Å². The Bertz CT molecular complexity index is 262. The van der Waals surface area contributed by atoms with E-state index in [1.165, 1.54) is 0 Å². The summed E-state index contributed by atoms with van der Waals surface area (Å²) >= 11 is 0. The predicted molar refractivity (Wildman–Crippen MR) is 62.3 cm³/mol. The van der Waals surface area contributed by atoms with Gasteiger partial charge in [-0.3, -0.25) is 4.79 Å². The third-order valence-electron chi connectivity index (χ3n) is 2.79. The second kappa shape index (κ2) is 6.35. The Morgan fingerprint density at radius 1 is 1.50 bits per heavy atom. The van der Waals surface area contributed by atoms with Crippen LogP contribution in [-0.2, 0) is 4.79 Å². The number of unbranched alkanes of at least 4 members (excludes halogenated alkanes) is 1. The first-order valence-corrected chi connectivity index (χ1v) is 5.95. The number of amidine groups is 1. The van der Waals surface area contributed by atoms with Gasteiger partial charge in [-0.2, -0.15) is 0 Å². The quantitative estimate of drug-likeness (QED) is 0.298. The fourth-order valence-electron chi connectivity index (χ4n) is 1.65. The highest BCUT2D eigenvalue weighted by atomic mass is 16.4. The number of hydrogen-bond donors (Lipinski definition) is 2. The number of carbonyl (C=O) groups excluding carboxylic acids is 1. The maximum atomic E-state index is 11.9. The third-order valence-corrected chi connectivity index (χ3v) is 2.79. The molecule has 0 aromatic heterocycles. The van der Waals surface area contributed by atoms with Gasteiger partial charge in [-0.15, -0.1) is 0 Å². The number of rotatable bonds is 7. The summed E-state index contributed by atoms with van der Waals surface area (Å²) in [7, 11) is 0. The Morgan fingerprint density at radius 3 is 2.69 bits per heavy atom. The molecule has 0 atom stereocenters. The van der Waals surface area contributed by atoms with Gasteiger partial charge in [0.25, 0.3) is 0 Å². The van der Waals surface area contributed by atoms with Gasteiger partial charge in [0.15, 0.2) is 0 Å². The second-order valence-corrected chi connectivity index (χ2v) is 4.26. The monoisotopic (exact) mass is 227 g/mol. The van der Waals surface area contributed by atoms with E-state index in [9.17, 15) is 4.79 Å². The van der Waals surface area contributed by atoms with Crippen LogP contribution in [0.1, 0.15) is 45.4 Å². The number of carbonyl (C=O) groups is 1. The smallest absolute Gasteiger partial charge is 0.222 e. The molecular formula is C11H21N3O2. The summed E-state index contributed by atoms with van der Waals surface area (Å²) in [5, 5.41) is 11.4. The van der Waals surface area contributed by atoms with E-state index in [1.807, 2.05) is 4.90 Å². The summed E-state index contributed by atoms with van der Waals surface area (Å²) in [5.74, 6) is 0.393. The largest absolute Gasteiger partial charge is 0.409 e. The molecule has 1 amide bonds. The summed E-state index contributed by atoms with van der Waals surface area (Å²) in [6, 6.07) is 0.399. The molecule has 0 aromatic rings. The standard InChI is InChI=1S/C11H21N3O2/c1-2-3-4-11(15)14(9-5-6-9)8-7-10(12)13-16/h9,16H,2-8H2,1H3,(H2,12,13). The van der Waals surface area contributed by atoms with Crippen molar-refractivity contribution in [2.75, 3.05) is 6.54 Å². The molecule has 0 aromatic carbocycles. The SMILES string of the molecule is CCCCC(=O)N(CCC(N)=NO)C1CC1. The Balaban J connectivity index is 2.38. The molecule has 0 aliphatic heterocycles. The maximum Gasteiger partial charge on any atom is 0.222 e. The topological polar surface area (TPSA) is 78.9 Å². The summed E-state index contributed by atoms with van der Waals surface area (Å²) in [4.78, 5) is 13.7. The van der Waals surface area contributed by atoms with Crippen molar-refractivity contribution >= 4 is 11.7 Å². The van der Waals surface area contributed by atoms with Crippen LogP contribution in [0.5, 0.6) is 0 Å². The zero-order valence-corrected chi connectivity index (χ0v) is 9.85. The van der Waals surface area contributed by atoms with Crippen molar-refractivity contribution in [3.8, 4) is 0 Å². The van der Waals surface area contributed by atoms with Crippen LogP contribution in [0, 0.1) is 0 Å². The Morgan fingerprint density at radius 2 is 2.19 bits per heavy atom. The van der Waals surface area contributed by atoms with E-state index in [1.54, 1.807) is 0 Å². The van der Waals surface area contributed by atoms with Crippen molar-refractivity contribution in [2.45, 2.75) is 51.5 Å². The minimum Gasteiger partial charge on any atom is -0.409 e. The first-order valence-electron chi connectivity index (χ1n) is 5.95. The lowest BCUT2D eigenvalue weighted by Gasteiger charge is -2.22. The molecular weight excluding hydrogens is 206 g/mol. The Hall–Kier alpha value is -1.26. The molecule has 0 heterocycles. The molecule has 92 valence electrons. The molecule has 1 rings (SSSR count). The molecule has 1 saturated carbocycles. The minimum absolute atomic E-state index is 0.189. The molecule has 0 unspecified atom stereocenters. The normalized spacial score (nSPS) is 16.2. The molecule has 0 spiro atoms. The van der Waals surface area contributed by atoms with Gasteiger partial charge in [0.05, 0.1) is 0 Å². The lowest BCUT2D eigenvalue weighted by atomic mass is 10.2. The predicted octanol–water partition coefficient (Wildman–Crippen LogP) is 1.30. The second-order valence-electron chi connectivity index (χ2n) is 4.26. The average Bonchev–Trinajstić information content (AvgIpc) is 3.10. The molecule has 1 aliphatic carbocycles. The molecule has 1 aliphatic rings. The van der Waals surface area contributed by atoms with E-state index >= 15 is 0 Å². The van der Waals surface area contributed by atoms with Gasteiger partial charge in [0.2, 0.25) is 5.91 Å². The van der Waals surface area contributed by atoms with Crippen molar-refractivity contribution in [1.29, 1.82) is 0 Å². The number of nitrogens with two attached hydrogens (primary N) is 1. The van der Waals surface area contributed by atoms with Crippen LogP contribution in [0.3, 0.4) is 0 Å². The van der Waals surface area contributed by atoms with Crippen LogP contribution in [0.15, 0.2) is 5.16 Å². The van der Waals surface area contributed by atoms with Gasteiger partial charge < -0.3 is 15.8 Å². The first-order chi connectivity index (χ1) is 7.69. The van der Waals surface area contributed by atoms with E-state index in [2.05, 4.69) is 12.1 Å². The highest BCUT2D eigenvalue weighted by Crippen LogP contribution is 2.27. The van der Waals surface area contributed by atoms with E-state index in [0.717, 1.165) is 25.7 Å². The zero-order chi connectivity index (χ0) is 12.0. The number of amides is 1. The van der Waals surface area contributed by atoms with Crippen LogP contribution >= 0.6 is 0 Å². The lowest BCUT2D eigenvalue weighted by molar-refractivity contribution is -0.131. The number of oxime groups is 1. The maximum absolute atomic E-state index is 11.9. The number of nitrogens with zero attached hydrogens (tertiary/aromatic N) is 2. The highest BCUT2D eigenvalue weighted by Gasteiger charge is 2.31. The van der Waals surface area contributed by atoms with Crippen molar-refractivity contribution in [3.05, 3.63) is 0 Å². The third kappa shape index (κ3) is 4.08. The zero-order valence-electron chi connectivity index (χ0n) is 9.85.